The van der Waals surface area contributed by atoms with Crippen molar-refractivity contribution >= 4 is 40.4 Å². The number of Topliss-reactive ketones (excluding diaryl/α,β-unsaturated/α-hetero) is 1. The maximum Gasteiger partial charge on any atom is 0.269 e. The molecule has 4 rings (SSSR count). The Hall–Kier alpha value is -3.84. The molecule has 1 aliphatic heterocycles. The summed E-state index contributed by atoms with van der Waals surface area (Å²) >= 11 is 6.25. The summed E-state index contributed by atoms with van der Waals surface area (Å²) < 4.78 is 10.8. The quantitative estimate of drug-likeness (QED) is 0.513. The number of benzodiazepines with no additional fused rings is 1. The highest BCUT2D eigenvalue weighted by Gasteiger charge is 2.27. The topological polar surface area (TPSA) is 89.0 Å². The van der Waals surface area contributed by atoms with E-state index < -0.39 is 6.17 Å². The Morgan fingerprint density at radius 1 is 1.03 bits per heavy atom. The second-order valence-electron chi connectivity index (χ2n) is 7.38. The van der Waals surface area contributed by atoms with Gasteiger partial charge >= 0.3 is 0 Å². The molecule has 1 aliphatic rings. The first-order valence-electron chi connectivity index (χ1n) is 10.2. The summed E-state index contributed by atoms with van der Waals surface area (Å²) in [5, 5.41) is 6.58. The Bertz CT molecular complexity index is 1230. The van der Waals surface area contributed by atoms with Crippen LogP contribution in [-0.2, 0) is 4.79 Å². The van der Waals surface area contributed by atoms with Crippen molar-refractivity contribution in [3.63, 3.8) is 0 Å². The minimum atomic E-state index is -0.969. The molecule has 0 aliphatic carbocycles. The number of halogens is 1. The van der Waals surface area contributed by atoms with Gasteiger partial charge in [-0.2, -0.15) is 0 Å². The van der Waals surface area contributed by atoms with Crippen LogP contribution in [0.5, 0.6) is 11.5 Å². The lowest BCUT2D eigenvalue weighted by atomic mass is 10.0. The number of amides is 1. The van der Waals surface area contributed by atoms with Crippen LogP contribution >= 0.6 is 11.6 Å². The molecule has 0 saturated heterocycles. The second-order valence-corrected chi connectivity index (χ2v) is 7.82. The lowest BCUT2D eigenvalue weighted by Gasteiger charge is -2.18. The van der Waals surface area contributed by atoms with Crippen molar-refractivity contribution in [1.82, 2.24) is 0 Å². The monoisotopic (exact) mass is 463 g/mol. The summed E-state index contributed by atoms with van der Waals surface area (Å²) in [6.45, 7) is 1.44. The van der Waals surface area contributed by atoms with Crippen molar-refractivity contribution < 1.29 is 19.1 Å². The van der Waals surface area contributed by atoms with Gasteiger partial charge in [0.05, 0.1) is 25.6 Å². The molecule has 168 valence electrons. The smallest absolute Gasteiger partial charge is 0.269 e. The minimum absolute atomic E-state index is 0.195. The van der Waals surface area contributed by atoms with Crippen LogP contribution in [0, 0.1) is 0 Å². The number of nitrogens with zero attached hydrogens (tertiary/aromatic N) is 1. The first-order valence-corrected chi connectivity index (χ1v) is 10.6. The van der Waals surface area contributed by atoms with Crippen molar-refractivity contribution in [2.45, 2.75) is 13.1 Å². The molecule has 0 spiro atoms. The largest absolute Gasteiger partial charge is 0.496 e. The minimum Gasteiger partial charge on any atom is -0.496 e. The van der Waals surface area contributed by atoms with E-state index in [-0.39, 0.29) is 11.7 Å². The fraction of sp³-hybridized carbons (Fsp3) is 0.160. The number of nitrogens with one attached hydrogen (secondary N) is 2. The summed E-state index contributed by atoms with van der Waals surface area (Å²) in [6.07, 6.45) is -0.969. The standard InChI is InChI=1S/C25H22ClN3O4/c1-14(30)22-20(32-2)12-17(13-21(22)33-3)27-24-25(31)28-19-10-9-16(26)11-18(19)23(29-24)15-7-5-4-6-8-15/h4-13,24,27H,1-3H3,(H,28,31). The number of carbonyl (C=O) groups excluding carboxylic acids is 2. The van der Waals surface area contributed by atoms with E-state index in [1.165, 1.54) is 21.1 Å². The van der Waals surface area contributed by atoms with E-state index in [0.29, 0.717) is 44.7 Å². The number of rotatable bonds is 6. The zero-order valence-electron chi connectivity index (χ0n) is 18.3. The van der Waals surface area contributed by atoms with Crippen molar-refractivity contribution in [2.24, 2.45) is 4.99 Å². The van der Waals surface area contributed by atoms with Gasteiger partial charge in [-0.1, -0.05) is 41.9 Å². The molecule has 3 aromatic rings. The van der Waals surface area contributed by atoms with Gasteiger partial charge in [-0.3, -0.25) is 9.59 Å². The summed E-state index contributed by atoms with van der Waals surface area (Å²) in [6, 6.07) is 18.1. The molecule has 0 saturated carbocycles. The Kier molecular flexibility index (Phi) is 6.33. The van der Waals surface area contributed by atoms with Gasteiger partial charge in [0, 0.05) is 34.0 Å². The number of hydrogen-bond donors (Lipinski definition) is 2. The van der Waals surface area contributed by atoms with Crippen LogP contribution in [-0.4, -0.2) is 37.8 Å². The molecule has 0 bridgehead atoms. The van der Waals surface area contributed by atoms with Crippen LogP contribution in [0.1, 0.15) is 28.4 Å². The van der Waals surface area contributed by atoms with Gasteiger partial charge in [-0.15, -0.1) is 0 Å². The Morgan fingerprint density at radius 3 is 2.30 bits per heavy atom. The zero-order chi connectivity index (χ0) is 23.5. The fourth-order valence-corrected chi connectivity index (χ4v) is 3.88. The van der Waals surface area contributed by atoms with E-state index >= 15 is 0 Å². The maximum atomic E-state index is 13.1. The fourth-order valence-electron chi connectivity index (χ4n) is 3.70. The molecular formula is C25H22ClN3O4. The van der Waals surface area contributed by atoms with E-state index in [2.05, 4.69) is 10.6 Å². The van der Waals surface area contributed by atoms with Crippen LogP contribution in [0.4, 0.5) is 11.4 Å². The molecule has 7 nitrogen and oxygen atoms in total. The number of aliphatic imine (C=N–C) groups is 1. The average Bonchev–Trinajstić information content (AvgIpc) is 2.95. The first-order chi connectivity index (χ1) is 15.9. The van der Waals surface area contributed by atoms with E-state index in [9.17, 15) is 9.59 Å². The molecule has 1 amide bonds. The lowest BCUT2D eigenvalue weighted by molar-refractivity contribution is -0.116. The predicted octanol–water partition coefficient (Wildman–Crippen LogP) is 4.79. The number of hydrogen-bond acceptors (Lipinski definition) is 6. The summed E-state index contributed by atoms with van der Waals surface area (Å²) in [4.78, 5) is 29.9. The molecule has 8 heteroatoms. The van der Waals surface area contributed by atoms with Crippen LogP contribution in [0.3, 0.4) is 0 Å². The maximum absolute atomic E-state index is 13.1. The van der Waals surface area contributed by atoms with Gasteiger partial charge in [0.2, 0.25) is 0 Å². The highest BCUT2D eigenvalue weighted by atomic mass is 35.5. The number of anilines is 2. The van der Waals surface area contributed by atoms with E-state index in [4.69, 9.17) is 26.1 Å². The van der Waals surface area contributed by atoms with E-state index in [0.717, 1.165) is 5.56 Å². The number of fused-ring (bicyclic) bond motifs is 1. The van der Waals surface area contributed by atoms with Gasteiger partial charge in [0.15, 0.2) is 11.9 Å². The molecule has 1 heterocycles. The third-order valence-electron chi connectivity index (χ3n) is 5.21. The number of ether oxygens (including phenoxy) is 2. The van der Waals surface area contributed by atoms with Gasteiger partial charge in [0.1, 0.15) is 17.1 Å². The predicted molar refractivity (Wildman–Crippen MR) is 129 cm³/mol. The Morgan fingerprint density at radius 2 is 1.70 bits per heavy atom. The molecule has 0 fully saturated rings. The van der Waals surface area contributed by atoms with E-state index in [1.807, 2.05) is 30.3 Å². The molecule has 0 radical (unpaired) electrons. The van der Waals surface area contributed by atoms with Gasteiger partial charge < -0.3 is 20.1 Å². The van der Waals surface area contributed by atoms with Gasteiger partial charge in [-0.05, 0) is 25.1 Å². The third kappa shape index (κ3) is 4.54. The Labute approximate surface area is 196 Å². The molecular weight excluding hydrogens is 442 g/mol. The van der Waals surface area contributed by atoms with Crippen LogP contribution in [0.2, 0.25) is 5.02 Å². The van der Waals surface area contributed by atoms with Crippen LogP contribution in [0.25, 0.3) is 0 Å². The number of ketones is 1. The molecule has 3 aromatic carbocycles. The molecule has 1 unspecified atom stereocenters. The lowest BCUT2D eigenvalue weighted by Crippen LogP contribution is -2.32. The third-order valence-corrected chi connectivity index (χ3v) is 5.44. The molecule has 0 aromatic heterocycles. The Balaban J connectivity index is 1.81. The van der Waals surface area contributed by atoms with Gasteiger partial charge in [0.25, 0.3) is 5.91 Å². The zero-order valence-corrected chi connectivity index (χ0v) is 19.1. The SMILES string of the molecule is COc1cc(NC2N=C(c3ccccc3)c3cc(Cl)ccc3NC2=O)cc(OC)c1C(C)=O. The van der Waals surface area contributed by atoms with Crippen molar-refractivity contribution in [3.05, 3.63) is 82.4 Å². The van der Waals surface area contributed by atoms with Crippen LogP contribution in [0.15, 0.2) is 65.7 Å². The van der Waals surface area contributed by atoms with Gasteiger partial charge in [-0.25, -0.2) is 4.99 Å². The second kappa shape index (κ2) is 9.34. The summed E-state index contributed by atoms with van der Waals surface area (Å²) in [5.74, 6) is 0.124. The van der Waals surface area contributed by atoms with Crippen molar-refractivity contribution in [2.75, 3.05) is 24.9 Å². The highest BCUT2D eigenvalue weighted by Crippen LogP contribution is 2.34. The summed E-state index contributed by atoms with van der Waals surface area (Å²) in [7, 11) is 2.94. The van der Waals surface area contributed by atoms with E-state index in [1.54, 1.807) is 30.3 Å². The number of methoxy groups -OCH3 is 2. The molecule has 1 atom stereocenters. The molecule has 2 N–H and O–H groups in total. The average molecular weight is 464 g/mol. The first kappa shape index (κ1) is 22.4. The van der Waals surface area contributed by atoms with Crippen LogP contribution < -0.4 is 20.1 Å². The highest BCUT2D eigenvalue weighted by molar-refractivity contribution is 6.32. The number of carbonyl (C=O) groups is 2. The number of benzene rings is 3. The molecule has 33 heavy (non-hydrogen) atoms. The normalized spacial score (nSPS) is 15.0. The summed E-state index contributed by atoms with van der Waals surface area (Å²) in [5.41, 5.74) is 3.61. The van der Waals surface area contributed by atoms with Crippen molar-refractivity contribution in [1.29, 1.82) is 0 Å². The van der Waals surface area contributed by atoms with Crippen molar-refractivity contribution in [3.8, 4) is 11.5 Å².